The van der Waals surface area contributed by atoms with Crippen LogP contribution in [0.1, 0.15) is 87.9 Å². The molecule has 0 spiro atoms. The molecule has 9 rings (SSSR count). The smallest absolute Gasteiger partial charge is 0.411 e. The maximum absolute atomic E-state index is 13.1. The summed E-state index contributed by atoms with van der Waals surface area (Å²) in [5, 5.41) is 3.75. The molecule has 2 aromatic heterocycles. The van der Waals surface area contributed by atoms with Crippen LogP contribution in [0.4, 0.5) is 4.79 Å². The van der Waals surface area contributed by atoms with Crippen molar-refractivity contribution in [2.45, 2.75) is 95.5 Å². The van der Waals surface area contributed by atoms with Crippen molar-refractivity contribution in [3.05, 3.63) is 59.3 Å². The van der Waals surface area contributed by atoms with Gasteiger partial charge in [-0.25, -0.2) is 14.8 Å². The van der Waals surface area contributed by atoms with Gasteiger partial charge in [-0.3, -0.25) is 4.90 Å². The number of amides is 1. The minimum atomic E-state index is -0.514. The Kier molecular flexibility index (Phi) is 5.15. The Morgan fingerprint density at radius 3 is 2.62 bits per heavy atom. The predicted octanol–water partition coefficient (Wildman–Crippen LogP) is 6.60. The van der Waals surface area contributed by atoms with Crippen molar-refractivity contribution in [2.75, 3.05) is 0 Å². The summed E-state index contributed by atoms with van der Waals surface area (Å²) in [7, 11) is 0. The Hall–Kier alpha value is -3.65. The van der Waals surface area contributed by atoms with E-state index in [0.29, 0.717) is 18.0 Å². The molecule has 0 radical (unpaired) electrons. The zero-order valence-corrected chi connectivity index (χ0v) is 24.5. The van der Waals surface area contributed by atoms with E-state index in [4.69, 9.17) is 14.7 Å². The molecule has 2 saturated heterocycles. The normalized spacial score (nSPS) is 29.1. The molecule has 0 bridgehead atoms. The summed E-state index contributed by atoms with van der Waals surface area (Å²) in [5.74, 6) is 3.38. The lowest BCUT2D eigenvalue weighted by atomic mass is 9.96. The van der Waals surface area contributed by atoms with Crippen LogP contribution in [0, 0.1) is 11.8 Å². The molecule has 2 saturated carbocycles. The molecular formula is C34H38N6O2. The fraction of sp³-hybridized carbons (Fsp3) is 0.500. The summed E-state index contributed by atoms with van der Waals surface area (Å²) >= 11 is 0. The molecule has 42 heavy (non-hydrogen) atoms. The molecule has 6 atom stereocenters. The number of benzene rings is 2. The van der Waals surface area contributed by atoms with Crippen LogP contribution in [-0.2, 0) is 17.6 Å². The Morgan fingerprint density at radius 2 is 1.79 bits per heavy atom. The van der Waals surface area contributed by atoms with E-state index in [-0.39, 0.29) is 18.2 Å². The highest BCUT2D eigenvalue weighted by molar-refractivity contribution is 5.83. The summed E-state index contributed by atoms with van der Waals surface area (Å²) in [5.41, 5.74) is 8.86. The van der Waals surface area contributed by atoms with Crippen LogP contribution in [-0.4, -0.2) is 48.6 Å². The molecule has 3 aliphatic carbocycles. The van der Waals surface area contributed by atoms with Crippen LogP contribution < -0.4 is 5.32 Å². The van der Waals surface area contributed by atoms with Crippen molar-refractivity contribution in [2.24, 2.45) is 11.8 Å². The highest BCUT2D eigenvalue weighted by Gasteiger charge is 2.56. The zero-order chi connectivity index (χ0) is 28.3. The standard InChI is InChI=1S/C34H38N6O2/c1-34(2,3)42-33(41)40-28-15-21(28)16-29(40)32-36-23-10-8-18(12-26(23)38-32)17-7-9-22-19(11-17)5-4-6-24-30(22)39-31(37-24)27-14-20-13-25(20)35-27/h7-12,20-21,25,27-29,35H,4-6,13-16H2,1-3H3,(H,36,38)(H,37,39)/t20-,21?,25-,27+,28?,29+/m1/s1. The molecule has 216 valence electrons. The number of likely N-dealkylation sites (tertiary alicyclic amines) is 1. The van der Waals surface area contributed by atoms with Crippen molar-refractivity contribution < 1.29 is 9.53 Å². The average Bonchev–Trinajstić information content (AvgIpc) is 3.61. The van der Waals surface area contributed by atoms with Gasteiger partial charge in [0.25, 0.3) is 0 Å². The summed E-state index contributed by atoms with van der Waals surface area (Å²) < 4.78 is 5.77. The second-order valence-electron chi connectivity index (χ2n) is 14.3. The molecule has 2 aromatic carbocycles. The number of H-pyrrole nitrogens is 2. The number of nitrogens with zero attached hydrogens (tertiary/aromatic N) is 3. The van der Waals surface area contributed by atoms with E-state index in [0.717, 1.165) is 66.4 Å². The van der Waals surface area contributed by atoms with Crippen LogP contribution in [0.3, 0.4) is 0 Å². The molecular weight excluding hydrogens is 524 g/mol. The van der Waals surface area contributed by atoms with Gasteiger partial charge in [0.1, 0.15) is 17.2 Å². The van der Waals surface area contributed by atoms with Gasteiger partial charge < -0.3 is 20.0 Å². The van der Waals surface area contributed by atoms with Crippen LogP contribution in [0.5, 0.6) is 0 Å². The number of aromatic nitrogens is 4. The second kappa shape index (κ2) is 8.69. The SMILES string of the molecule is CC(C)(C)OC(=O)N1C2CC2C[C@H]1c1nc2ccc(-c3ccc4c(c3)CCCc3[nH]c([C@@H]5C[C@H]6C[C@H]6N5)nc3-4)cc2[nH]1. The number of piperidine rings is 2. The van der Waals surface area contributed by atoms with Crippen LogP contribution in [0.2, 0.25) is 0 Å². The molecule has 4 fully saturated rings. The number of nitrogens with one attached hydrogen (secondary N) is 3. The molecule has 1 amide bonds. The van der Waals surface area contributed by atoms with Gasteiger partial charge in [-0.15, -0.1) is 0 Å². The quantitative estimate of drug-likeness (QED) is 0.261. The van der Waals surface area contributed by atoms with Crippen LogP contribution in [0.25, 0.3) is 33.4 Å². The predicted molar refractivity (Wildman–Crippen MR) is 161 cm³/mol. The topological polar surface area (TPSA) is 98.9 Å². The molecule has 2 aliphatic heterocycles. The molecule has 8 heteroatoms. The monoisotopic (exact) mass is 562 g/mol. The highest BCUT2D eigenvalue weighted by Crippen LogP contribution is 2.53. The number of carbonyl (C=O) groups excluding carboxylic acids is 1. The minimum absolute atomic E-state index is 0.0647. The molecule has 4 heterocycles. The Balaban J connectivity index is 1.00. The largest absolute Gasteiger partial charge is 0.444 e. The van der Waals surface area contributed by atoms with Crippen molar-refractivity contribution in [1.29, 1.82) is 0 Å². The van der Waals surface area contributed by atoms with Gasteiger partial charge in [-0.2, -0.15) is 0 Å². The molecule has 8 nitrogen and oxygen atoms in total. The number of ether oxygens (including phenoxy) is 1. The van der Waals surface area contributed by atoms with Gasteiger partial charge in [-0.05, 0) is 106 Å². The number of aromatic amines is 2. The van der Waals surface area contributed by atoms with Crippen molar-refractivity contribution in [3.63, 3.8) is 0 Å². The number of hydrogen-bond acceptors (Lipinski definition) is 5. The lowest BCUT2D eigenvalue weighted by Gasteiger charge is -2.29. The maximum atomic E-state index is 13.1. The lowest BCUT2D eigenvalue weighted by molar-refractivity contribution is 0.0175. The van der Waals surface area contributed by atoms with Gasteiger partial charge in [0.15, 0.2) is 0 Å². The van der Waals surface area contributed by atoms with Gasteiger partial charge >= 0.3 is 6.09 Å². The fourth-order valence-electron chi connectivity index (χ4n) is 7.84. The van der Waals surface area contributed by atoms with Gasteiger partial charge in [0.05, 0.1) is 28.8 Å². The number of hydrogen-bond donors (Lipinski definition) is 3. The van der Waals surface area contributed by atoms with Crippen molar-refractivity contribution in [3.8, 4) is 22.4 Å². The van der Waals surface area contributed by atoms with Gasteiger partial charge in [0.2, 0.25) is 0 Å². The van der Waals surface area contributed by atoms with E-state index in [9.17, 15) is 4.79 Å². The Bertz CT molecular complexity index is 1740. The summed E-state index contributed by atoms with van der Waals surface area (Å²) in [4.78, 5) is 32.4. The van der Waals surface area contributed by atoms with Gasteiger partial charge in [0, 0.05) is 23.3 Å². The molecule has 4 aromatic rings. The Labute approximate surface area is 245 Å². The molecule has 3 N–H and O–H groups in total. The first-order valence-electron chi connectivity index (χ1n) is 15.8. The van der Waals surface area contributed by atoms with E-state index in [1.54, 1.807) is 0 Å². The second-order valence-corrected chi connectivity index (χ2v) is 14.3. The third-order valence-corrected chi connectivity index (χ3v) is 10.1. The maximum Gasteiger partial charge on any atom is 0.411 e. The lowest BCUT2D eigenvalue weighted by Crippen LogP contribution is -2.38. The Morgan fingerprint density at radius 1 is 0.929 bits per heavy atom. The van der Waals surface area contributed by atoms with E-state index in [2.05, 4.69) is 51.7 Å². The minimum Gasteiger partial charge on any atom is -0.444 e. The molecule has 5 aliphatic rings. The number of rotatable bonds is 3. The van der Waals surface area contributed by atoms with Crippen LogP contribution in [0.15, 0.2) is 36.4 Å². The molecule has 2 unspecified atom stereocenters. The van der Waals surface area contributed by atoms with E-state index < -0.39 is 5.60 Å². The van der Waals surface area contributed by atoms with E-state index in [1.807, 2.05) is 25.7 Å². The first kappa shape index (κ1) is 24.9. The van der Waals surface area contributed by atoms with Crippen LogP contribution >= 0.6 is 0 Å². The number of fused-ring (bicyclic) bond motifs is 6. The van der Waals surface area contributed by atoms with Crippen molar-refractivity contribution >= 4 is 17.1 Å². The van der Waals surface area contributed by atoms with Crippen molar-refractivity contribution in [1.82, 2.24) is 30.2 Å². The third kappa shape index (κ3) is 4.09. The number of imidazole rings is 2. The third-order valence-electron chi connectivity index (χ3n) is 10.1. The van der Waals surface area contributed by atoms with Gasteiger partial charge in [-0.1, -0.05) is 24.3 Å². The van der Waals surface area contributed by atoms with E-state index >= 15 is 0 Å². The highest BCUT2D eigenvalue weighted by atomic mass is 16.6. The first-order chi connectivity index (χ1) is 20.3. The number of carbonyl (C=O) groups is 1. The summed E-state index contributed by atoms with van der Waals surface area (Å²) in [6.07, 6.45) is 7.53. The zero-order valence-electron chi connectivity index (χ0n) is 24.5. The summed E-state index contributed by atoms with van der Waals surface area (Å²) in [6.45, 7) is 5.77. The average molecular weight is 563 g/mol. The fourth-order valence-corrected chi connectivity index (χ4v) is 7.84. The van der Waals surface area contributed by atoms with E-state index in [1.165, 1.54) is 40.8 Å². The number of aryl methyl sites for hydroxylation is 2. The summed E-state index contributed by atoms with van der Waals surface area (Å²) in [6, 6.07) is 14.6. The first-order valence-corrected chi connectivity index (χ1v) is 15.8.